The largest absolute Gasteiger partial charge is 0.347 e. The van der Waals surface area contributed by atoms with Gasteiger partial charge in [-0.3, -0.25) is 0 Å². The summed E-state index contributed by atoms with van der Waals surface area (Å²) in [5, 5.41) is 1.27. The first kappa shape index (κ1) is 12.7. The predicted molar refractivity (Wildman–Crippen MR) is 77.1 cm³/mol. The van der Waals surface area contributed by atoms with E-state index in [4.69, 9.17) is 5.73 Å². The van der Waals surface area contributed by atoms with E-state index in [0.717, 1.165) is 11.0 Å². The molecule has 1 aromatic carbocycles. The van der Waals surface area contributed by atoms with Gasteiger partial charge in [-0.05, 0) is 30.5 Å². The maximum atomic E-state index is 6.04. The van der Waals surface area contributed by atoms with Gasteiger partial charge in [-0.1, -0.05) is 35.8 Å². The molecule has 0 saturated carbocycles. The van der Waals surface area contributed by atoms with Crippen LogP contribution in [0.2, 0.25) is 0 Å². The van der Waals surface area contributed by atoms with Crippen LogP contribution >= 0.6 is 15.9 Å². The molecule has 0 aliphatic carbocycles. The minimum atomic E-state index is 0.0760. The number of aromatic nitrogens is 1. The van der Waals surface area contributed by atoms with Gasteiger partial charge in [0.2, 0.25) is 0 Å². The standard InChI is InChI=1S/C14H19BrN2/c1-9(2)7-17-8-13(10(3)16)12-5-4-11(15)6-14(12)17/h4-6,8-10H,7,16H2,1-3H3/t10-/m1/s1. The molecule has 3 heteroatoms. The molecular weight excluding hydrogens is 276 g/mol. The molecule has 0 radical (unpaired) electrons. The summed E-state index contributed by atoms with van der Waals surface area (Å²) in [6.07, 6.45) is 2.20. The first-order chi connectivity index (χ1) is 7.99. The molecule has 1 heterocycles. The van der Waals surface area contributed by atoms with Crippen LogP contribution in [-0.4, -0.2) is 4.57 Å². The predicted octanol–water partition coefficient (Wildman–Crippen LogP) is 4.08. The van der Waals surface area contributed by atoms with Gasteiger partial charge >= 0.3 is 0 Å². The molecule has 0 aliphatic heterocycles. The molecule has 1 atom stereocenters. The van der Waals surface area contributed by atoms with Gasteiger partial charge in [0.15, 0.2) is 0 Å². The van der Waals surface area contributed by atoms with Crippen molar-refractivity contribution in [3.05, 3.63) is 34.4 Å². The normalized spacial score (nSPS) is 13.5. The quantitative estimate of drug-likeness (QED) is 0.908. The molecule has 0 amide bonds. The zero-order chi connectivity index (χ0) is 12.6. The molecule has 0 bridgehead atoms. The molecule has 2 nitrogen and oxygen atoms in total. The molecule has 0 unspecified atom stereocenters. The average Bonchev–Trinajstić information content (AvgIpc) is 2.56. The van der Waals surface area contributed by atoms with Gasteiger partial charge in [-0.2, -0.15) is 0 Å². The van der Waals surface area contributed by atoms with Crippen molar-refractivity contribution in [1.29, 1.82) is 0 Å². The summed E-state index contributed by atoms with van der Waals surface area (Å²) in [4.78, 5) is 0. The Morgan fingerprint density at radius 1 is 1.29 bits per heavy atom. The molecule has 0 fully saturated rings. The summed E-state index contributed by atoms with van der Waals surface area (Å²) in [6, 6.07) is 6.47. The number of hydrogen-bond donors (Lipinski definition) is 1. The Kier molecular flexibility index (Phi) is 3.59. The highest BCUT2D eigenvalue weighted by Gasteiger charge is 2.12. The van der Waals surface area contributed by atoms with E-state index in [-0.39, 0.29) is 6.04 Å². The van der Waals surface area contributed by atoms with Gasteiger partial charge < -0.3 is 10.3 Å². The highest BCUT2D eigenvalue weighted by atomic mass is 79.9. The zero-order valence-electron chi connectivity index (χ0n) is 10.6. The smallest absolute Gasteiger partial charge is 0.0495 e. The van der Waals surface area contributed by atoms with E-state index in [1.54, 1.807) is 0 Å². The van der Waals surface area contributed by atoms with Crippen LogP contribution in [0.1, 0.15) is 32.4 Å². The molecule has 17 heavy (non-hydrogen) atoms. The van der Waals surface area contributed by atoms with Gasteiger partial charge in [0, 0.05) is 34.2 Å². The summed E-state index contributed by atoms with van der Waals surface area (Å²) in [5.41, 5.74) is 8.53. The highest BCUT2D eigenvalue weighted by molar-refractivity contribution is 9.10. The topological polar surface area (TPSA) is 30.9 Å². The number of rotatable bonds is 3. The first-order valence-electron chi connectivity index (χ1n) is 6.03. The Morgan fingerprint density at radius 3 is 2.59 bits per heavy atom. The summed E-state index contributed by atoms with van der Waals surface area (Å²) in [6.45, 7) is 7.53. The van der Waals surface area contributed by atoms with Crippen LogP contribution in [-0.2, 0) is 6.54 Å². The fraction of sp³-hybridized carbons (Fsp3) is 0.429. The average molecular weight is 295 g/mol. The molecule has 0 saturated heterocycles. The molecule has 1 aromatic heterocycles. The zero-order valence-corrected chi connectivity index (χ0v) is 12.2. The van der Waals surface area contributed by atoms with Crippen molar-refractivity contribution in [2.75, 3.05) is 0 Å². The van der Waals surface area contributed by atoms with Crippen LogP contribution in [0, 0.1) is 5.92 Å². The highest BCUT2D eigenvalue weighted by Crippen LogP contribution is 2.28. The fourth-order valence-electron chi connectivity index (χ4n) is 2.20. The second-order valence-corrected chi connectivity index (χ2v) is 6.00. The van der Waals surface area contributed by atoms with Gasteiger partial charge in [0.1, 0.15) is 0 Å². The SMILES string of the molecule is CC(C)Cn1cc([C@@H](C)N)c2ccc(Br)cc21. The van der Waals surface area contributed by atoms with Crippen LogP contribution in [0.25, 0.3) is 10.9 Å². The summed E-state index contributed by atoms with van der Waals surface area (Å²) in [7, 11) is 0. The minimum Gasteiger partial charge on any atom is -0.347 e. The molecule has 2 aromatic rings. The fourth-order valence-corrected chi connectivity index (χ4v) is 2.55. The van der Waals surface area contributed by atoms with E-state index in [2.05, 4.69) is 58.7 Å². The maximum Gasteiger partial charge on any atom is 0.0495 e. The van der Waals surface area contributed by atoms with Gasteiger partial charge in [0.05, 0.1) is 0 Å². The summed E-state index contributed by atoms with van der Waals surface area (Å²) in [5.74, 6) is 0.630. The number of fused-ring (bicyclic) bond motifs is 1. The van der Waals surface area contributed by atoms with E-state index < -0.39 is 0 Å². The number of halogens is 1. The number of benzene rings is 1. The van der Waals surface area contributed by atoms with Crippen LogP contribution < -0.4 is 5.73 Å². The minimum absolute atomic E-state index is 0.0760. The number of nitrogens with two attached hydrogens (primary N) is 1. The van der Waals surface area contributed by atoms with Crippen molar-refractivity contribution in [1.82, 2.24) is 4.57 Å². The lowest BCUT2D eigenvalue weighted by molar-refractivity contribution is 0.534. The van der Waals surface area contributed by atoms with E-state index in [9.17, 15) is 0 Å². The van der Waals surface area contributed by atoms with Gasteiger partial charge in [-0.15, -0.1) is 0 Å². The monoisotopic (exact) mass is 294 g/mol. The van der Waals surface area contributed by atoms with Crippen molar-refractivity contribution in [3.8, 4) is 0 Å². The van der Waals surface area contributed by atoms with E-state index in [1.807, 2.05) is 6.92 Å². The van der Waals surface area contributed by atoms with Crippen molar-refractivity contribution in [3.63, 3.8) is 0 Å². The van der Waals surface area contributed by atoms with Crippen LogP contribution in [0.5, 0.6) is 0 Å². The third-order valence-electron chi connectivity index (χ3n) is 2.93. The number of nitrogens with zero attached hydrogens (tertiary/aromatic N) is 1. The molecule has 92 valence electrons. The molecule has 2 rings (SSSR count). The third-order valence-corrected chi connectivity index (χ3v) is 3.42. The molecule has 0 spiro atoms. The van der Waals surface area contributed by atoms with Crippen LogP contribution in [0.15, 0.2) is 28.9 Å². The van der Waals surface area contributed by atoms with Crippen molar-refractivity contribution >= 4 is 26.8 Å². The Bertz CT molecular complexity index is 526. The van der Waals surface area contributed by atoms with Gasteiger partial charge in [0.25, 0.3) is 0 Å². The van der Waals surface area contributed by atoms with Crippen molar-refractivity contribution in [2.24, 2.45) is 11.7 Å². The van der Waals surface area contributed by atoms with E-state index in [1.165, 1.54) is 16.5 Å². The maximum absolute atomic E-state index is 6.04. The molecule has 2 N–H and O–H groups in total. The second kappa shape index (κ2) is 4.83. The lowest BCUT2D eigenvalue weighted by Gasteiger charge is -2.08. The second-order valence-electron chi connectivity index (χ2n) is 5.08. The Hall–Kier alpha value is -0.800. The lowest BCUT2D eigenvalue weighted by atomic mass is 10.1. The van der Waals surface area contributed by atoms with Gasteiger partial charge in [-0.25, -0.2) is 0 Å². The Morgan fingerprint density at radius 2 is 2.00 bits per heavy atom. The molecule has 0 aliphatic rings. The van der Waals surface area contributed by atoms with E-state index >= 15 is 0 Å². The van der Waals surface area contributed by atoms with Crippen LogP contribution in [0.4, 0.5) is 0 Å². The van der Waals surface area contributed by atoms with Crippen LogP contribution in [0.3, 0.4) is 0 Å². The first-order valence-corrected chi connectivity index (χ1v) is 6.82. The number of hydrogen-bond acceptors (Lipinski definition) is 1. The Balaban J connectivity index is 2.62. The van der Waals surface area contributed by atoms with Crippen molar-refractivity contribution < 1.29 is 0 Å². The Labute approximate surface area is 111 Å². The summed E-state index contributed by atoms with van der Waals surface area (Å²) >= 11 is 3.53. The van der Waals surface area contributed by atoms with Crippen molar-refractivity contribution in [2.45, 2.75) is 33.4 Å². The third kappa shape index (κ3) is 2.55. The molecular formula is C14H19BrN2. The summed E-state index contributed by atoms with van der Waals surface area (Å²) < 4.78 is 3.42. The van der Waals surface area contributed by atoms with E-state index in [0.29, 0.717) is 5.92 Å². The lowest BCUT2D eigenvalue weighted by Crippen LogP contribution is -2.05.